The average molecular weight is 411 g/mol. The zero-order valence-electron chi connectivity index (χ0n) is 19.3. The van der Waals surface area contributed by atoms with Gasteiger partial charge in [-0.05, 0) is 103 Å². The van der Waals surface area contributed by atoms with Crippen LogP contribution in [0.2, 0.25) is 0 Å². The van der Waals surface area contributed by atoms with E-state index in [1.54, 1.807) is 12.1 Å². The van der Waals surface area contributed by atoms with Gasteiger partial charge in [0.05, 0.1) is 5.56 Å². The van der Waals surface area contributed by atoms with Crippen LogP contribution in [0.5, 0.6) is 5.75 Å². The summed E-state index contributed by atoms with van der Waals surface area (Å²) in [6.45, 7) is 12.3. The van der Waals surface area contributed by atoms with E-state index in [1.165, 1.54) is 43.7 Å². The Morgan fingerprint density at radius 1 is 1.07 bits per heavy atom. The number of phenols is 1. The van der Waals surface area contributed by atoms with Crippen molar-refractivity contribution in [2.75, 3.05) is 0 Å². The minimum absolute atomic E-state index is 0.184. The number of rotatable bonds is 3. The van der Waals surface area contributed by atoms with Crippen molar-refractivity contribution in [3.63, 3.8) is 0 Å². The number of allylic oxidation sites excluding steroid dienone is 2. The maximum Gasteiger partial charge on any atom is 0.335 e. The van der Waals surface area contributed by atoms with Gasteiger partial charge in [-0.1, -0.05) is 45.8 Å². The van der Waals surface area contributed by atoms with Crippen LogP contribution in [0, 0.1) is 34.0 Å². The number of carbonyl (C=O) groups is 1. The molecule has 5 unspecified atom stereocenters. The average Bonchev–Trinajstić information content (AvgIpc) is 2.64. The van der Waals surface area contributed by atoms with Crippen molar-refractivity contribution in [3.05, 3.63) is 41.0 Å². The van der Waals surface area contributed by atoms with Crippen molar-refractivity contribution in [1.29, 1.82) is 0 Å². The molecular weight excluding hydrogens is 372 g/mol. The van der Waals surface area contributed by atoms with Crippen LogP contribution in [0.25, 0.3) is 0 Å². The van der Waals surface area contributed by atoms with Crippen LogP contribution in [0.3, 0.4) is 0 Å². The second-order valence-corrected chi connectivity index (χ2v) is 11.6. The standard InChI is InChI=1S/C27H38O3/c1-17-7-10-23-26(4,14-11-22-25(2,3)12-6-13-27(22,23)5)20(17)16-19-15-18(24(29)30)8-9-21(19)28/h7-9,15,20,22-23,28H,6,10-14,16H2,1-5H3,(H,29,30). The number of fused-ring (bicyclic) bond motifs is 3. The van der Waals surface area contributed by atoms with Crippen molar-refractivity contribution in [2.24, 2.45) is 34.0 Å². The lowest BCUT2D eigenvalue weighted by Gasteiger charge is -2.65. The predicted molar refractivity (Wildman–Crippen MR) is 121 cm³/mol. The van der Waals surface area contributed by atoms with E-state index in [-0.39, 0.29) is 16.7 Å². The minimum Gasteiger partial charge on any atom is -0.508 e. The van der Waals surface area contributed by atoms with Crippen LogP contribution in [0.4, 0.5) is 0 Å². The zero-order chi connectivity index (χ0) is 21.9. The van der Waals surface area contributed by atoms with Gasteiger partial charge >= 0.3 is 5.97 Å². The Kier molecular flexibility index (Phi) is 5.11. The van der Waals surface area contributed by atoms with Gasteiger partial charge in [-0.25, -0.2) is 4.79 Å². The third kappa shape index (κ3) is 3.20. The largest absolute Gasteiger partial charge is 0.508 e. The van der Waals surface area contributed by atoms with Crippen molar-refractivity contribution in [3.8, 4) is 5.75 Å². The number of carboxylic acids is 1. The molecule has 4 rings (SSSR count). The highest BCUT2D eigenvalue weighted by Crippen LogP contribution is 2.68. The van der Waals surface area contributed by atoms with E-state index in [0.717, 1.165) is 17.9 Å². The number of carboxylic acid groups (broad SMARTS) is 1. The Hall–Kier alpha value is -1.77. The van der Waals surface area contributed by atoms with E-state index < -0.39 is 5.97 Å². The first-order chi connectivity index (χ1) is 14.0. The second kappa shape index (κ2) is 7.14. The first-order valence-corrected chi connectivity index (χ1v) is 11.7. The summed E-state index contributed by atoms with van der Waals surface area (Å²) in [7, 11) is 0. The fourth-order valence-corrected chi connectivity index (χ4v) is 8.10. The summed E-state index contributed by atoms with van der Waals surface area (Å²) in [6.07, 6.45) is 10.8. The molecule has 5 atom stereocenters. The molecule has 3 aliphatic rings. The Bertz CT molecular complexity index is 882. The molecule has 0 aromatic heterocycles. The molecule has 0 saturated heterocycles. The molecular formula is C27H38O3. The van der Waals surface area contributed by atoms with Crippen LogP contribution in [-0.4, -0.2) is 16.2 Å². The Labute approximate surface area is 181 Å². The number of aromatic hydroxyl groups is 1. The number of phenolic OH excluding ortho intramolecular Hbond substituents is 1. The quantitative estimate of drug-likeness (QED) is 0.536. The fraction of sp³-hybridized carbons (Fsp3) is 0.667. The van der Waals surface area contributed by atoms with Crippen LogP contribution >= 0.6 is 0 Å². The van der Waals surface area contributed by atoms with E-state index in [4.69, 9.17) is 0 Å². The summed E-state index contributed by atoms with van der Waals surface area (Å²) < 4.78 is 0. The van der Waals surface area contributed by atoms with Crippen LogP contribution in [-0.2, 0) is 6.42 Å². The van der Waals surface area contributed by atoms with E-state index in [1.807, 2.05) is 0 Å². The molecule has 0 bridgehead atoms. The van der Waals surface area contributed by atoms with Crippen LogP contribution in [0.1, 0.15) is 89.1 Å². The molecule has 0 radical (unpaired) electrons. The van der Waals surface area contributed by atoms with Gasteiger partial charge in [0.1, 0.15) is 5.75 Å². The first-order valence-electron chi connectivity index (χ1n) is 11.7. The summed E-state index contributed by atoms with van der Waals surface area (Å²) >= 11 is 0. The Morgan fingerprint density at radius 3 is 2.50 bits per heavy atom. The summed E-state index contributed by atoms with van der Waals surface area (Å²) in [5, 5.41) is 19.9. The molecule has 3 nitrogen and oxygen atoms in total. The van der Waals surface area contributed by atoms with Crippen molar-refractivity contribution in [1.82, 2.24) is 0 Å². The number of aromatic carboxylic acids is 1. The normalized spacial score (nSPS) is 37.6. The summed E-state index contributed by atoms with van der Waals surface area (Å²) in [4.78, 5) is 11.5. The zero-order valence-corrected chi connectivity index (χ0v) is 19.3. The SMILES string of the molecule is CC1=CCC2C(C)(CCC3C(C)(C)CCCC32C)C1Cc1cc(C(=O)O)ccc1O. The Morgan fingerprint density at radius 2 is 1.80 bits per heavy atom. The first kappa shape index (κ1) is 21.5. The molecule has 2 fully saturated rings. The molecule has 0 aliphatic heterocycles. The van der Waals surface area contributed by atoms with Gasteiger partial charge in [-0.2, -0.15) is 0 Å². The smallest absolute Gasteiger partial charge is 0.335 e. The molecule has 2 saturated carbocycles. The molecule has 3 aliphatic carbocycles. The number of hydrogen-bond donors (Lipinski definition) is 2. The van der Waals surface area contributed by atoms with Gasteiger partial charge < -0.3 is 10.2 Å². The summed E-state index contributed by atoms with van der Waals surface area (Å²) in [6, 6.07) is 4.71. The summed E-state index contributed by atoms with van der Waals surface area (Å²) in [5.74, 6) is 1.04. The molecule has 1 aromatic carbocycles. The van der Waals surface area contributed by atoms with Crippen LogP contribution < -0.4 is 0 Å². The van der Waals surface area contributed by atoms with E-state index in [9.17, 15) is 15.0 Å². The molecule has 0 amide bonds. The third-order valence-electron chi connectivity index (χ3n) is 9.61. The molecule has 2 N–H and O–H groups in total. The maximum absolute atomic E-state index is 11.5. The highest BCUT2D eigenvalue weighted by molar-refractivity contribution is 5.88. The van der Waals surface area contributed by atoms with Gasteiger partial charge in [0.25, 0.3) is 0 Å². The van der Waals surface area contributed by atoms with E-state index >= 15 is 0 Å². The van der Waals surface area contributed by atoms with Gasteiger partial charge in [0, 0.05) is 0 Å². The summed E-state index contributed by atoms with van der Waals surface area (Å²) in [5.41, 5.74) is 3.38. The van der Waals surface area contributed by atoms with Gasteiger partial charge in [-0.15, -0.1) is 0 Å². The van der Waals surface area contributed by atoms with E-state index in [2.05, 4.69) is 40.7 Å². The van der Waals surface area contributed by atoms with Crippen molar-refractivity contribution >= 4 is 5.97 Å². The van der Waals surface area contributed by atoms with Crippen molar-refractivity contribution in [2.45, 2.75) is 79.6 Å². The van der Waals surface area contributed by atoms with Gasteiger partial charge in [0.15, 0.2) is 0 Å². The predicted octanol–water partition coefficient (Wildman–Crippen LogP) is 6.85. The van der Waals surface area contributed by atoms with Crippen LogP contribution in [0.15, 0.2) is 29.8 Å². The number of benzene rings is 1. The highest BCUT2D eigenvalue weighted by atomic mass is 16.4. The minimum atomic E-state index is -0.936. The molecule has 0 heterocycles. The molecule has 30 heavy (non-hydrogen) atoms. The topological polar surface area (TPSA) is 57.5 Å². The van der Waals surface area contributed by atoms with E-state index in [0.29, 0.717) is 29.1 Å². The second-order valence-electron chi connectivity index (χ2n) is 11.6. The highest BCUT2D eigenvalue weighted by Gasteiger charge is 2.60. The lowest BCUT2D eigenvalue weighted by atomic mass is 9.39. The molecule has 0 spiro atoms. The monoisotopic (exact) mass is 410 g/mol. The molecule has 3 heteroatoms. The Balaban J connectivity index is 1.71. The molecule has 164 valence electrons. The lowest BCUT2D eigenvalue weighted by molar-refractivity contribution is -0.145. The third-order valence-corrected chi connectivity index (χ3v) is 9.61. The van der Waals surface area contributed by atoms with Gasteiger partial charge in [-0.3, -0.25) is 0 Å². The molecule has 1 aromatic rings. The van der Waals surface area contributed by atoms with Crippen molar-refractivity contribution < 1.29 is 15.0 Å². The lowest BCUT2D eigenvalue weighted by Crippen LogP contribution is -2.57. The van der Waals surface area contributed by atoms with Gasteiger partial charge in [0.2, 0.25) is 0 Å². The maximum atomic E-state index is 11.5. The fourth-order valence-electron chi connectivity index (χ4n) is 8.10. The number of hydrogen-bond acceptors (Lipinski definition) is 2.